The maximum atomic E-state index is 14.4. The molecular weight excluding hydrogens is 1110 g/mol. The van der Waals surface area contributed by atoms with Gasteiger partial charge in [-0.05, 0) is 149 Å². The SMILES string of the molecule is Cc1c(C(=O)O)c(-c2cccc(N3CCN(c4ccc(NS(=O)(=O)c5ccc(N[C@H](CCN6CCC(COP(=O)(O)O)CC6)CSc6ccccc6)c(S(=O)(=O)C(F)(F)F)c5)cc4)CC3)c2)c(-c2ccc(Cl)cc2)n1C(C)C. The third-order valence-corrected chi connectivity index (χ3v) is 18.8. The number of carboxylic acid groups (broad SMARTS) is 1. The van der Waals surface area contributed by atoms with Gasteiger partial charge < -0.3 is 39.5 Å². The van der Waals surface area contributed by atoms with Gasteiger partial charge in [0, 0.05) is 88.8 Å². The van der Waals surface area contributed by atoms with E-state index in [1.807, 2.05) is 92.1 Å². The van der Waals surface area contributed by atoms with Crippen LogP contribution in [0.2, 0.25) is 5.02 Å². The number of phosphoric ester groups is 1. The lowest BCUT2D eigenvalue weighted by Gasteiger charge is -2.37. The minimum Gasteiger partial charge on any atom is -0.478 e. The van der Waals surface area contributed by atoms with Crippen molar-refractivity contribution < 1.29 is 58.8 Å². The number of thioether (sulfide) groups is 1. The number of nitrogens with zero attached hydrogens (tertiary/aromatic N) is 4. The maximum Gasteiger partial charge on any atom is 0.501 e. The molecule has 0 saturated carbocycles. The van der Waals surface area contributed by atoms with Gasteiger partial charge in [-0.2, -0.15) is 13.2 Å². The maximum absolute atomic E-state index is 14.4. The highest BCUT2D eigenvalue weighted by Crippen LogP contribution is 2.43. The first kappa shape index (κ1) is 58.6. The van der Waals surface area contributed by atoms with Crippen LogP contribution in [0.15, 0.2) is 136 Å². The van der Waals surface area contributed by atoms with Crippen molar-refractivity contribution in [1.82, 2.24) is 9.47 Å². The summed E-state index contributed by atoms with van der Waals surface area (Å²) in [6.07, 6.45) is 1.55. The molecule has 2 aliphatic rings. The van der Waals surface area contributed by atoms with E-state index in [0.717, 1.165) is 45.2 Å². The molecule has 0 unspecified atom stereocenters. The zero-order chi connectivity index (χ0) is 56.2. The van der Waals surface area contributed by atoms with Crippen LogP contribution in [0.3, 0.4) is 0 Å². The van der Waals surface area contributed by atoms with Crippen molar-refractivity contribution in [2.24, 2.45) is 5.92 Å². The molecule has 78 heavy (non-hydrogen) atoms. The molecule has 418 valence electrons. The number of piperazine rings is 1. The van der Waals surface area contributed by atoms with Gasteiger partial charge in [0.05, 0.1) is 28.4 Å². The number of carbonyl (C=O) groups is 1. The molecule has 2 fully saturated rings. The molecule has 8 rings (SSSR count). The molecule has 5 N–H and O–H groups in total. The normalized spacial score (nSPS) is 15.7. The summed E-state index contributed by atoms with van der Waals surface area (Å²) in [7, 11) is -15.3. The van der Waals surface area contributed by atoms with Crippen LogP contribution in [0.4, 0.5) is 35.9 Å². The Morgan fingerprint density at radius 1 is 0.821 bits per heavy atom. The number of hydrogen-bond donors (Lipinski definition) is 5. The highest BCUT2D eigenvalue weighted by Gasteiger charge is 2.48. The Morgan fingerprint density at radius 3 is 2.06 bits per heavy atom. The molecule has 6 aromatic rings. The molecule has 24 heteroatoms. The number of alkyl halides is 3. The lowest BCUT2D eigenvalue weighted by Crippen LogP contribution is -2.46. The molecule has 1 atom stereocenters. The number of piperidine rings is 1. The van der Waals surface area contributed by atoms with E-state index in [1.54, 1.807) is 24.3 Å². The second-order valence-electron chi connectivity index (χ2n) is 19.6. The van der Waals surface area contributed by atoms with Crippen LogP contribution < -0.4 is 19.8 Å². The standard InChI is InChI=1S/C54H61ClF3N6O10PS3/c1-36(2)64-37(3)50(53(65)66)51(52(64)39-12-14-41(55)15-13-39)40-8-7-9-45(32-40)63-30-28-62(29-31-63)44-18-16-42(17-19-44)60-78(72,73)47-20-21-48(49(33-47)77(70,71)54(56,57)58)59-43(35-76-46-10-5-4-6-11-46)24-27-61-25-22-38(23-26-61)34-74-75(67,68)69/h4-21,32-33,36,38,43,59-60H,22-31,34-35H2,1-3H3,(H,65,66)(H2,67,68,69)/t43-/m1/s1. The number of phosphoric acid groups is 1. The van der Waals surface area contributed by atoms with E-state index in [9.17, 15) is 44.5 Å². The van der Waals surface area contributed by atoms with Crippen LogP contribution in [-0.4, -0.2) is 117 Å². The second kappa shape index (κ2) is 24.4. The van der Waals surface area contributed by atoms with Gasteiger partial charge >= 0.3 is 19.3 Å². The topological polar surface area (TPSA) is 211 Å². The van der Waals surface area contributed by atoms with Gasteiger partial charge in [-0.25, -0.2) is 26.2 Å². The first-order chi connectivity index (χ1) is 36.9. The van der Waals surface area contributed by atoms with Crippen molar-refractivity contribution in [3.05, 3.63) is 138 Å². The zero-order valence-electron chi connectivity index (χ0n) is 42.9. The van der Waals surface area contributed by atoms with E-state index in [-0.39, 0.29) is 29.8 Å². The Hall–Kier alpha value is -5.55. The second-order valence-corrected chi connectivity index (χ2v) is 25.9. The summed E-state index contributed by atoms with van der Waals surface area (Å²) in [4.78, 5) is 36.5. The predicted molar refractivity (Wildman–Crippen MR) is 300 cm³/mol. The van der Waals surface area contributed by atoms with Gasteiger partial charge in [0.15, 0.2) is 0 Å². The number of halogens is 4. The summed E-state index contributed by atoms with van der Waals surface area (Å²) in [5.41, 5.74) is -0.562. The third kappa shape index (κ3) is 14.1. The molecule has 3 heterocycles. The number of nitrogens with one attached hydrogen (secondary N) is 2. The molecule has 0 spiro atoms. The predicted octanol–water partition coefficient (Wildman–Crippen LogP) is 11.3. The third-order valence-electron chi connectivity index (χ3n) is 14.0. The van der Waals surface area contributed by atoms with Crippen LogP contribution in [-0.2, 0) is 28.9 Å². The van der Waals surface area contributed by atoms with Crippen molar-refractivity contribution >= 4 is 79.8 Å². The van der Waals surface area contributed by atoms with Gasteiger partial charge in [-0.15, -0.1) is 11.8 Å². The van der Waals surface area contributed by atoms with Crippen LogP contribution in [0.1, 0.15) is 55.2 Å². The van der Waals surface area contributed by atoms with Crippen LogP contribution in [0, 0.1) is 12.8 Å². The number of rotatable bonds is 21. The summed E-state index contributed by atoms with van der Waals surface area (Å²) in [5, 5.41) is 14.1. The average molecular weight is 1170 g/mol. The summed E-state index contributed by atoms with van der Waals surface area (Å²) in [6, 6.07) is 32.8. The Labute approximate surface area is 461 Å². The first-order valence-electron chi connectivity index (χ1n) is 25.2. The Balaban J connectivity index is 0.954. The minimum absolute atomic E-state index is 0.0415. The van der Waals surface area contributed by atoms with E-state index in [1.165, 1.54) is 23.9 Å². The molecule has 0 aliphatic carbocycles. The van der Waals surface area contributed by atoms with Crippen molar-refractivity contribution in [2.75, 3.05) is 78.0 Å². The highest BCUT2D eigenvalue weighted by molar-refractivity contribution is 7.99. The Morgan fingerprint density at radius 2 is 1.46 bits per heavy atom. The lowest BCUT2D eigenvalue weighted by atomic mass is 9.96. The summed E-state index contributed by atoms with van der Waals surface area (Å²) < 4.78 is 118. The summed E-state index contributed by atoms with van der Waals surface area (Å²) in [6.45, 7) is 9.71. The van der Waals surface area contributed by atoms with Crippen LogP contribution in [0.5, 0.6) is 0 Å². The smallest absolute Gasteiger partial charge is 0.478 e. The molecule has 1 aromatic heterocycles. The fourth-order valence-electron chi connectivity index (χ4n) is 10.0. The van der Waals surface area contributed by atoms with Crippen molar-refractivity contribution in [3.8, 4) is 22.4 Å². The first-order valence-corrected chi connectivity index (χ1v) is 31.0. The Bertz CT molecular complexity index is 3350. The number of aromatic carboxylic acids is 1. The molecule has 2 aliphatic heterocycles. The van der Waals surface area contributed by atoms with Gasteiger partial charge in [0.1, 0.15) is 4.90 Å². The summed E-state index contributed by atoms with van der Waals surface area (Å²) in [5.74, 6) is -0.795. The fraction of sp³-hybridized carbons (Fsp3) is 0.352. The van der Waals surface area contributed by atoms with E-state index in [4.69, 9.17) is 21.4 Å². The number of aromatic nitrogens is 1. The van der Waals surface area contributed by atoms with E-state index in [2.05, 4.69) is 29.3 Å². The monoisotopic (exact) mass is 1170 g/mol. The van der Waals surface area contributed by atoms with Gasteiger partial charge in [-0.1, -0.05) is 54.1 Å². The number of carboxylic acids is 1. The number of hydrogen-bond acceptors (Lipinski definition) is 12. The van der Waals surface area contributed by atoms with Crippen molar-refractivity contribution in [3.63, 3.8) is 0 Å². The van der Waals surface area contributed by atoms with Gasteiger partial charge in [-0.3, -0.25) is 9.25 Å². The zero-order valence-corrected chi connectivity index (χ0v) is 47.0. The lowest BCUT2D eigenvalue weighted by molar-refractivity contribution is -0.0436. The number of benzene rings is 5. The molecule has 2 saturated heterocycles. The largest absolute Gasteiger partial charge is 0.501 e. The quantitative estimate of drug-likeness (QED) is 0.0335. The van der Waals surface area contributed by atoms with Gasteiger partial charge in [0.25, 0.3) is 19.9 Å². The highest BCUT2D eigenvalue weighted by atomic mass is 35.5. The number of sulfonamides is 1. The number of likely N-dealkylation sites (tertiary alicyclic amines) is 1. The Kier molecular flexibility index (Phi) is 18.4. The number of sulfone groups is 1. The van der Waals surface area contributed by atoms with Crippen LogP contribution >= 0.6 is 31.2 Å². The molecule has 0 bridgehead atoms. The average Bonchev–Trinajstić information content (AvgIpc) is 3.72. The summed E-state index contributed by atoms with van der Waals surface area (Å²) >= 11 is 7.66. The fourth-order valence-corrected chi connectivity index (χ4v) is 13.6. The van der Waals surface area contributed by atoms with E-state index >= 15 is 0 Å². The van der Waals surface area contributed by atoms with Gasteiger partial charge in [0.2, 0.25) is 0 Å². The van der Waals surface area contributed by atoms with E-state index < -0.39 is 60.7 Å². The number of anilines is 4. The van der Waals surface area contributed by atoms with Crippen molar-refractivity contribution in [2.45, 2.75) is 72.3 Å². The van der Waals surface area contributed by atoms with Crippen molar-refractivity contribution in [1.29, 1.82) is 0 Å². The molecule has 0 radical (unpaired) electrons. The molecule has 0 amide bonds. The van der Waals surface area contributed by atoms with Crippen LogP contribution in [0.25, 0.3) is 22.4 Å². The molecule has 5 aromatic carbocycles. The molecular formula is C54H61ClF3N6O10PS3. The molecule has 16 nitrogen and oxygen atoms in total. The minimum atomic E-state index is -6.08. The van der Waals surface area contributed by atoms with E-state index in [0.29, 0.717) is 93.2 Å².